The lowest BCUT2D eigenvalue weighted by molar-refractivity contribution is -0.0868. The Labute approximate surface area is 120 Å². The van der Waals surface area contributed by atoms with Crippen molar-refractivity contribution in [3.05, 3.63) is 29.6 Å². The lowest BCUT2D eigenvalue weighted by atomic mass is 9.77. The van der Waals surface area contributed by atoms with Gasteiger partial charge < -0.3 is 4.55 Å². The molecule has 20 heavy (non-hydrogen) atoms. The van der Waals surface area contributed by atoms with Gasteiger partial charge in [0.1, 0.15) is 22.3 Å². The Hall–Kier alpha value is -1.01. The molecule has 1 atom stereocenters. The number of pyridine rings is 1. The molecular weight excluding hydrogens is 282 g/mol. The number of aromatic nitrogens is 1. The molecule has 0 aliphatic heterocycles. The van der Waals surface area contributed by atoms with Crippen LogP contribution in [0.2, 0.25) is 0 Å². The summed E-state index contributed by atoms with van der Waals surface area (Å²) in [5, 5.41) is 0. The van der Waals surface area contributed by atoms with Crippen LogP contribution in [0.3, 0.4) is 0 Å². The van der Waals surface area contributed by atoms with E-state index in [0.29, 0.717) is 5.69 Å². The molecule has 1 aromatic heterocycles. The minimum Gasteiger partial charge on any atom is -0.591 e. The Morgan fingerprint density at radius 1 is 1.40 bits per heavy atom. The molecule has 1 unspecified atom stereocenters. The zero-order valence-electron chi connectivity index (χ0n) is 11.8. The topological polar surface area (TPSA) is 48.3 Å². The van der Waals surface area contributed by atoms with Gasteiger partial charge in [-0.05, 0) is 38.3 Å². The van der Waals surface area contributed by atoms with Crippen LogP contribution in [0.15, 0.2) is 22.7 Å². The highest BCUT2D eigenvalue weighted by Crippen LogP contribution is 2.47. The number of hydrogen-bond donors (Lipinski definition) is 0. The number of hydrogen-bond acceptors (Lipinski definition) is 3. The van der Waals surface area contributed by atoms with Gasteiger partial charge in [0.25, 0.3) is 0 Å². The third kappa shape index (κ3) is 3.76. The molecule has 0 saturated heterocycles. The van der Waals surface area contributed by atoms with Gasteiger partial charge in [-0.3, -0.25) is 4.98 Å². The second-order valence-electron chi connectivity index (χ2n) is 6.07. The summed E-state index contributed by atoms with van der Waals surface area (Å²) in [5.74, 6) is -2.62. The number of nitrogens with zero attached hydrogens (tertiary/aromatic N) is 2. The first-order chi connectivity index (χ1) is 9.17. The lowest BCUT2D eigenvalue weighted by Gasteiger charge is -2.34. The fraction of sp³-hybridized carbons (Fsp3) is 0.571. The van der Waals surface area contributed by atoms with E-state index in [9.17, 15) is 13.3 Å². The van der Waals surface area contributed by atoms with Crippen molar-refractivity contribution in [2.24, 2.45) is 4.40 Å². The Balaban J connectivity index is 1.97. The Morgan fingerprint density at radius 2 is 2.05 bits per heavy atom. The predicted molar refractivity (Wildman–Crippen MR) is 76.6 cm³/mol. The molecule has 6 heteroatoms. The van der Waals surface area contributed by atoms with Crippen LogP contribution in [0.25, 0.3) is 0 Å². The summed E-state index contributed by atoms with van der Waals surface area (Å²) in [4.78, 5) is 4.15. The summed E-state index contributed by atoms with van der Waals surface area (Å²) in [6.07, 6.45) is 2.86. The second kappa shape index (κ2) is 5.41. The summed E-state index contributed by atoms with van der Waals surface area (Å²) in [7, 11) is 0. The minimum absolute atomic E-state index is 0.101. The molecule has 110 valence electrons. The van der Waals surface area contributed by atoms with E-state index < -0.39 is 22.0 Å². The quantitative estimate of drug-likeness (QED) is 0.634. The number of halogens is 2. The van der Waals surface area contributed by atoms with Crippen molar-refractivity contribution >= 4 is 17.6 Å². The van der Waals surface area contributed by atoms with Crippen molar-refractivity contribution in [2.75, 3.05) is 0 Å². The van der Waals surface area contributed by atoms with E-state index >= 15 is 0 Å². The normalized spacial score (nSPS) is 20.9. The van der Waals surface area contributed by atoms with Crippen LogP contribution in [0, 0.1) is 0 Å². The van der Waals surface area contributed by atoms with E-state index in [1.165, 1.54) is 6.21 Å². The van der Waals surface area contributed by atoms with Crippen molar-refractivity contribution in [3.63, 3.8) is 0 Å². The van der Waals surface area contributed by atoms with Crippen LogP contribution in [-0.2, 0) is 11.4 Å². The van der Waals surface area contributed by atoms with Crippen molar-refractivity contribution in [1.82, 2.24) is 4.98 Å². The molecular formula is C14H18F2N2OS. The standard InChI is InChI=1S/C14H18F2N2OS/c1-13(2,3)20(19)18-9-12-5-4-10(8-17-12)11-6-14(15,16)7-11/h4-5,8-9,11H,6-7H2,1-3H3. The van der Waals surface area contributed by atoms with Crippen molar-refractivity contribution < 1.29 is 13.3 Å². The van der Waals surface area contributed by atoms with E-state index in [4.69, 9.17) is 0 Å². The van der Waals surface area contributed by atoms with Gasteiger partial charge in [-0.25, -0.2) is 8.78 Å². The smallest absolute Gasteiger partial charge is 0.249 e. The maximum atomic E-state index is 12.8. The molecule has 0 aromatic carbocycles. The van der Waals surface area contributed by atoms with Gasteiger partial charge in [0.15, 0.2) is 0 Å². The second-order valence-corrected chi connectivity index (χ2v) is 8.01. The summed E-state index contributed by atoms with van der Waals surface area (Å²) in [6.45, 7) is 5.52. The van der Waals surface area contributed by atoms with Crippen molar-refractivity contribution in [3.8, 4) is 0 Å². The average molecular weight is 300 g/mol. The monoisotopic (exact) mass is 300 g/mol. The molecule has 0 amide bonds. The molecule has 1 aliphatic carbocycles. The molecule has 0 N–H and O–H groups in total. The van der Waals surface area contributed by atoms with Crippen LogP contribution >= 0.6 is 0 Å². The van der Waals surface area contributed by atoms with Gasteiger partial charge in [0, 0.05) is 19.0 Å². The first kappa shape index (κ1) is 15.4. The maximum absolute atomic E-state index is 12.8. The number of rotatable bonds is 3. The maximum Gasteiger partial charge on any atom is 0.249 e. The predicted octanol–water partition coefficient (Wildman–Crippen LogP) is 3.48. The van der Waals surface area contributed by atoms with Crippen molar-refractivity contribution in [1.29, 1.82) is 0 Å². The summed E-state index contributed by atoms with van der Waals surface area (Å²) in [5.41, 5.74) is 1.41. The largest absolute Gasteiger partial charge is 0.591 e. The van der Waals surface area contributed by atoms with E-state index in [1.54, 1.807) is 18.3 Å². The third-order valence-electron chi connectivity index (χ3n) is 3.18. The summed E-state index contributed by atoms with van der Waals surface area (Å²) >= 11 is -1.32. The highest BCUT2D eigenvalue weighted by atomic mass is 32.2. The molecule has 1 saturated carbocycles. The molecule has 0 bridgehead atoms. The Bertz CT molecular complexity index is 489. The molecule has 1 aromatic rings. The lowest BCUT2D eigenvalue weighted by Crippen LogP contribution is -2.33. The molecule has 0 radical (unpaired) electrons. The molecule has 3 nitrogen and oxygen atoms in total. The fourth-order valence-corrected chi connectivity index (χ4v) is 2.41. The van der Waals surface area contributed by atoms with Gasteiger partial charge in [-0.1, -0.05) is 10.5 Å². The SMILES string of the molecule is CC(C)(C)[S+]([O-])N=Cc1ccc(C2CC(F)(F)C2)cn1. The van der Waals surface area contributed by atoms with Crippen LogP contribution in [-0.4, -0.2) is 26.4 Å². The molecule has 0 spiro atoms. The van der Waals surface area contributed by atoms with E-state index in [0.717, 1.165) is 5.56 Å². The fourth-order valence-electron chi connectivity index (χ4n) is 1.89. The first-order valence-electron chi connectivity index (χ1n) is 6.47. The van der Waals surface area contributed by atoms with E-state index in [1.807, 2.05) is 20.8 Å². The highest BCUT2D eigenvalue weighted by Gasteiger charge is 2.45. The van der Waals surface area contributed by atoms with E-state index in [-0.39, 0.29) is 18.8 Å². The zero-order valence-corrected chi connectivity index (χ0v) is 12.6. The first-order valence-corrected chi connectivity index (χ1v) is 7.58. The highest BCUT2D eigenvalue weighted by molar-refractivity contribution is 7.91. The van der Waals surface area contributed by atoms with Crippen LogP contribution in [0.4, 0.5) is 8.78 Å². The van der Waals surface area contributed by atoms with Crippen LogP contribution in [0.5, 0.6) is 0 Å². The zero-order chi connectivity index (χ0) is 15.0. The summed E-state index contributed by atoms with van der Waals surface area (Å²) in [6, 6.07) is 3.50. The minimum atomic E-state index is -2.52. The molecule has 1 fully saturated rings. The summed E-state index contributed by atoms with van der Waals surface area (Å²) < 4.78 is 40.9. The van der Waals surface area contributed by atoms with E-state index in [2.05, 4.69) is 9.38 Å². The van der Waals surface area contributed by atoms with Gasteiger partial charge in [-0.2, -0.15) is 0 Å². The third-order valence-corrected chi connectivity index (χ3v) is 4.52. The molecule has 2 rings (SSSR count). The van der Waals surface area contributed by atoms with Gasteiger partial charge in [-0.15, -0.1) is 0 Å². The molecule has 1 aliphatic rings. The number of alkyl halides is 2. The van der Waals surface area contributed by atoms with Crippen LogP contribution < -0.4 is 0 Å². The Kier molecular flexibility index (Phi) is 4.16. The van der Waals surface area contributed by atoms with Gasteiger partial charge in [0.05, 0.1) is 5.69 Å². The van der Waals surface area contributed by atoms with Crippen LogP contribution in [0.1, 0.15) is 50.8 Å². The Morgan fingerprint density at radius 3 is 2.50 bits per heavy atom. The van der Waals surface area contributed by atoms with Gasteiger partial charge >= 0.3 is 0 Å². The molecule has 1 heterocycles. The van der Waals surface area contributed by atoms with Crippen molar-refractivity contribution in [2.45, 2.75) is 50.2 Å². The average Bonchev–Trinajstić information content (AvgIpc) is 2.32. The van der Waals surface area contributed by atoms with Gasteiger partial charge in [0.2, 0.25) is 5.92 Å².